The molecular formula is C23H24O7. The average molecular weight is 412 g/mol. The number of hydrogen-bond acceptors (Lipinski definition) is 7. The van der Waals surface area contributed by atoms with E-state index in [0.717, 1.165) is 0 Å². The Kier molecular flexibility index (Phi) is 6.52. The summed E-state index contributed by atoms with van der Waals surface area (Å²) in [5.41, 5.74) is -0.848. The van der Waals surface area contributed by atoms with E-state index in [1.165, 1.54) is 14.2 Å². The third-order valence-corrected chi connectivity index (χ3v) is 5.27. The molecule has 1 saturated heterocycles. The Morgan fingerprint density at radius 2 is 1.47 bits per heavy atom. The van der Waals surface area contributed by atoms with Crippen LogP contribution in [-0.4, -0.2) is 38.7 Å². The lowest BCUT2D eigenvalue weighted by molar-refractivity contribution is -0.183. The maximum Gasteiger partial charge on any atom is 0.344 e. The van der Waals surface area contributed by atoms with Crippen molar-refractivity contribution >= 4 is 17.9 Å². The maximum atomic E-state index is 13.3. The summed E-state index contributed by atoms with van der Waals surface area (Å²) >= 11 is 0. The van der Waals surface area contributed by atoms with Crippen molar-refractivity contribution in [1.82, 2.24) is 0 Å². The molecule has 0 amide bonds. The summed E-state index contributed by atoms with van der Waals surface area (Å²) in [5, 5.41) is 0. The highest BCUT2D eigenvalue weighted by Gasteiger charge is 2.67. The van der Waals surface area contributed by atoms with Gasteiger partial charge in [0.05, 0.1) is 26.9 Å². The smallest absolute Gasteiger partial charge is 0.344 e. The Balaban J connectivity index is 2.29. The van der Waals surface area contributed by atoms with Gasteiger partial charge in [0.2, 0.25) is 5.60 Å². The second kappa shape index (κ2) is 9.09. The molecule has 7 heteroatoms. The summed E-state index contributed by atoms with van der Waals surface area (Å²) in [5.74, 6) is -4.63. The van der Waals surface area contributed by atoms with E-state index in [9.17, 15) is 14.4 Å². The molecule has 0 aliphatic carbocycles. The van der Waals surface area contributed by atoms with E-state index in [1.807, 2.05) is 6.07 Å². The zero-order valence-corrected chi connectivity index (χ0v) is 17.1. The van der Waals surface area contributed by atoms with Crippen molar-refractivity contribution in [3.8, 4) is 0 Å². The van der Waals surface area contributed by atoms with E-state index in [-0.39, 0.29) is 6.61 Å². The minimum absolute atomic E-state index is 0.0730. The minimum Gasteiger partial charge on any atom is -0.469 e. The van der Waals surface area contributed by atoms with Crippen molar-refractivity contribution in [3.63, 3.8) is 0 Å². The third-order valence-electron chi connectivity index (χ3n) is 5.27. The van der Waals surface area contributed by atoms with E-state index < -0.39 is 41.4 Å². The molecule has 0 spiro atoms. The molecule has 0 radical (unpaired) electrons. The van der Waals surface area contributed by atoms with Gasteiger partial charge in [0.25, 0.3) is 0 Å². The zero-order chi connectivity index (χ0) is 21.7. The lowest BCUT2D eigenvalue weighted by Crippen LogP contribution is -2.48. The van der Waals surface area contributed by atoms with Crippen LogP contribution < -0.4 is 0 Å². The van der Waals surface area contributed by atoms with Gasteiger partial charge in [-0.3, -0.25) is 9.59 Å². The summed E-state index contributed by atoms with van der Waals surface area (Å²) in [7, 11) is 2.43. The summed E-state index contributed by atoms with van der Waals surface area (Å²) in [6, 6.07) is 17.5. The number of carbonyl (C=O) groups is 3. The lowest BCUT2D eigenvalue weighted by Gasteiger charge is -2.31. The first-order chi connectivity index (χ1) is 14.5. The largest absolute Gasteiger partial charge is 0.469 e. The molecule has 1 aliphatic heterocycles. The van der Waals surface area contributed by atoms with Crippen molar-refractivity contribution in [3.05, 3.63) is 71.8 Å². The topological polar surface area (TPSA) is 88.1 Å². The number of rotatable bonds is 6. The van der Waals surface area contributed by atoms with Gasteiger partial charge in [-0.05, 0) is 18.1 Å². The number of hydrogen-bond donors (Lipinski definition) is 0. The first-order valence-electron chi connectivity index (χ1n) is 9.62. The molecule has 158 valence electrons. The van der Waals surface area contributed by atoms with Crippen LogP contribution in [0, 0.1) is 11.8 Å². The van der Waals surface area contributed by atoms with Crippen LogP contribution in [0.4, 0.5) is 0 Å². The molecule has 0 N–H and O–H groups in total. The lowest BCUT2D eigenvalue weighted by atomic mass is 9.74. The number of benzene rings is 2. The first kappa shape index (κ1) is 21.5. The van der Waals surface area contributed by atoms with Gasteiger partial charge in [-0.15, -0.1) is 0 Å². The fourth-order valence-corrected chi connectivity index (χ4v) is 3.99. The van der Waals surface area contributed by atoms with E-state index in [2.05, 4.69) is 0 Å². The molecule has 1 fully saturated rings. The molecule has 3 rings (SSSR count). The van der Waals surface area contributed by atoms with Gasteiger partial charge >= 0.3 is 17.9 Å². The van der Waals surface area contributed by atoms with Crippen LogP contribution in [0.25, 0.3) is 0 Å². The number of carbonyl (C=O) groups excluding carboxylic acids is 3. The van der Waals surface area contributed by atoms with Crippen LogP contribution in [0.1, 0.15) is 24.2 Å². The van der Waals surface area contributed by atoms with Crippen molar-refractivity contribution in [2.24, 2.45) is 11.8 Å². The summed E-state index contributed by atoms with van der Waals surface area (Å²) in [6.07, 6.45) is -0.924. The van der Waals surface area contributed by atoms with Crippen molar-refractivity contribution in [2.45, 2.75) is 18.6 Å². The maximum absolute atomic E-state index is 13.3. The molecule has 2 aromatic rings. The zero-order valence-electron chi connectivity index (χ0n) is 17.1. The highest BCUT2D eigenvalue weighted by Crippen LogP contribution is 2.54. The van der Waals surface area contributed by atoms with Gasteiger partial charge in [-0.2, -0.15) is 0 Å². The summed E-state index contributed by atoms with van der Waals surface area (Å²) in [6.45, 7) is 1.73. The Hall–Kier alpha value is -3.19. The van der Waals surface area contributed by atoms with Crippen LogP contribution in [0.2, 0.25) is 0 Å². The molecule has 4 unspecified atom stereocenters. The van der Waals surface area contributed by atoms with Crippen molar-refractivity contribution < 1.29 is 33.3 Å². The second-order valence-electron chi connectivity index (χ2n) is 6.82. The second-order valence-corrected chi connectivity index (χ2v) is 6.82. The third kappa shape index (κ3) is 3.57. The van der Waals surface area contributed by atoms with Crippen molar-refractivity contribution in [1.29, 1.82) is 0 Å². The van der Waals surface area contributed by atoms with Gasteiger partial charge in [-0.1, -0.05) is 60.7 Å². The Bertz CT molecular complexity index is 896. The quantitative estimate of drug-likeness (QED) is 0.532. The SMILES string of the molecule is CCOC(=O)C1(c2ccccc2)OC(c2ccccc2)C(C(=O)OC)C1C(=O)OC. The molecule has 2 aromatic carbocycles. The Morgan fingerprint density at radius 3 is 2.00 bits per heavy atom. The first-order valence-corrected chi connectivity index (χ1v) is 9.62. The predicted molar refractivity (Wildman–Crippen MR) is 106 cm³/mol. The normalized spacial score (nSPS) is 25.4. The number of ether oxygens (including phenoxy) is 4. The predicted octanol–water partition coefficient (Wildman–Crippen LogP) is 2.79. The summed E-state index contributed by atoms with van der Waals surface area (Å²) in [4.78, 5) is 39.2. The van der Waals surface area contributed by atoms with Gasteiger partial charge in [-0.25, -0.2) is 4.79 Å². The van der Waals surface area contributed by atoms with Crippen LogP contribution in [0.5, 0.6) is 0 Å². The molecular weight excluding hydrogens is 388 g/mol. The fourth-order valence-electron chi connectivity index (χ4n) is 3.99. The standard InChI is InChI=1S/C23H24O7/c1-4-29-22(26)23(16-13-9-6-10-14-16)18(21(25)28-3)17(20(24)27-2)19(30-23)15-11-7-5-8-12-15/h5-14,17-19H,4H2,1-3H3. The number of esters is 3. The monoisotopic (exact) mass is 412 g/mol. The van der Waals surface area contributed by atoms with Gasteiger partial charge < -0.3 is 18.9 Å². The number of methoxy groups -OCH3 is 2. The molecule has 1 aliphatic rings. The van der Waals surface area contributed by atoms with Gasteiger partial charge in [0, 0.05) is 0 Å². The molecule has 4 atom stereocenters. The molecule has 0 saturated carbocycles. The van der Waals surface area contributed by atoms with Crippen LogP contribution in [-0.2, 0) is 38.9 Å². The molecule has 0 bridgehead atoms. The van der Waals surface area contributed by atoms with Crippen molar-refractivity contribution in [2.75, 3.05) is 20.8 Å². The van der Waals surface area contributed by atoms with Gasteiger partial charge in [0.1, 0.15) is 11.8 Å². The highest BCUT2D eigenvalue weighted by atomic mass is 16.6. The van der Waals surface area contributed by atoms with Gasteiger partial charge in [0.15, 0.2) is 0 Å². The fraction of sp³-hybridized carbons (Fsp3) is 0.348. The molecule has 0 aromatic heterocycles. The average Bonchev–Trinajstić information content (AvgIpc) is 3.16. The molecule has 1 heterocycles. The highest BCUT2D eigenvalue weighted by molar-refractivity contribution is 5.94. The Labute approximate surface area is 174 Å². The molecule has 7 nitrogen and oxygen atoms in total. The molecule has 30 heavy (non-hydrogen) atoms. The van der Waals surface area contributed by atoms with E-state index in [1.54, 1.807) is 61.5 Å². The van der Waals surface area contributed by atoms with E-state index in [0.29, 0.717) is 11.1 Å². The van der Waals surface area contributed by atoms with E-state index in [4.69, 9.17) is 18.9 Å². The van der Waals surface area contributed by atoms with Crippen LogP contribution >= 0.6 is 0 Å². The Morgan fingerprint density at radius 1 is 0.900 bits per heavy atom. The van der Waals surface area contributed by atoms with Crippen LogP contribution in [0.3, 0.4) is 0 Å². The summed E-state index contributed by atoms with van der Waals surface area (Å²) < 4.78 is 21.7. The van der Waals surface area contributed by atoms with E-state index >= 15 is 0 Å². The minimum atomic E-state index is -1.87. The van der Waals surface area contributed by atoms with Crippen LogP contribution in [0.15, 0.2) is 60.7 Å².